The van der Waals surface area contributed by atoms with Crippen LogP contribution < -0.4 is 5.32 Å². The molecule has 1 aromatic heterocycles. The summed E-state index contributed by atoms with van der Waals surface area (Å²) in [5.74, 6) is -1.16. The average molecular weight is 239 g/mol. The molecule has 17 heavy (non-hydrogen) atoms. The minimum absolute atomic E-state index is 0.00830. The van der Waals surface area contributed by atoms with Crippen LogP contribution >= 0.6 is 0 Å². The van der Waals surface area contributed by atoms with Crippen LogP contribution in [0.15, 0.2) is 6.33 Å². The molecule has 0 bridgehead atoms. The van der Waals surface area contributed by atoms with Crippen LogP contribution in [-0.2, 0) is 16.1 Å². The van der Waals surface area contributed by atoms with E-state index in [-0.39, 0.29) is 18.9 Å². The summed E-state index contributed by atoms with van der Waals surface area (Å²) in [6.45, 7) is 0.00830. The fraction of sp³-hybridized carbons (Fsp3) is 0.667. The molecular formula is C9H13N5O3. The molecule has 1 aliphatic rings. The van der Waals surface area contributed by atoms with E-state index in [9.17, 15) is 9.59 Å². The molecule has 2 N–H and O–H groups in total. The van der Waals surface area contributed by atoms with E-state index in [0.717, 1.165) is 6.42 Å². The third kappa shape index (κ3) is 2.77. The number of hydrogen-bond donors (Lipinski definition) is 2. The third-order valence-corrected chi connectivity index (χ3v) is 2.90. The Balaban J connectivity index is 1.90. The highest BCUT2D eigenvalue weighted by Crippen LogP contribution is 2.34. The molecule has 92 valence electrons. The second kappa shape index (κ2) is 4.48. The van der Waals surface area contributed by atoms with Gasteiger partial charge in [0, 0.05) is 0 Å². The SMILES string of the molecule is O=C(O)CC1(NC(=O)Cn2cnnn2)CCC1. The van der Waals surface area contributed by atoms with Crippen molar-refractivity contribution < 1.29 is 14.7 Å². The zero-order chi connectivity index (χ0) is 12.3. The van der Waals surface area contributed by atoms with Gasteiger partial charge in [-0.25, -0.2) is 4.68 Å². The van der Waals surface area contributed by atoms with Crippen LogP contribution in [0.4, 0.5) is 0 Å². The molecular weight excluding hydrogens is 226 g/mol. The van der Waals surface area contributed by atoms with E-state index in [1.165, 1.54) is 11.0 Å². The quantitative estimate of drug-likeness (QED) is 0.695. The van der Waals surface area contributed by atoms with Gasteiger partial charge in [-0.15, -0.1) is 5.10 Å². The number of rotatable bonds is 5. The van der Waals surface area contributed by atoms with Gasteiger partial charge in [0.2, 0.25) is 5.91 Å². The molecule has 0 aromatic carbocycles. The summed E-state index contributed by atoms with van der Waals surface area (Å²) in [4.78, 5) is 22.4. The molecule has 1 heterocycles. The molecule has 0 aliphatic heterocycles. The summed E-state index contributed by atoms with van der Waals surface area (Å²) in [6.07, 6.45) is 3.66. The Morgan fingerprint density at radius 3 is 2.71 bits per heavy atom. The summed E-state index contributed by atoms with van der Waals surface area (Å²) in [5, 5.41) is 22.0. The number of aromatic nitrogens is 4. The van der Waals surface area contributed by atoms with Crippen molar-refractivity contribution >= 4 is 11.9 Å². The van der Waals surface area contributed by atoms with Gasteiger partial charge in [-0.05, 0) is 29.7 Å². The van der Waals surface area contributed by atoms with Crippen LogP contribution in [0.5, 0.6) is 0 Å². The maximum atomic E-state index is 11.7. The van der Waals surface area contributed by atoms with E-state index in [1.54, 1.807) is 0 Å². The summed E-state index contributed by atoms with van der Waals surface area (Å²) < 4.78 is 1.29. The molecule has 1 amide bonds. The average Bonchev–Trinajstić information content (AvgIpc) is 2.66. The van der Waals surface area contributed by atoms with Gasteiger partial charge in [0.1, 0.15) is 12.9 Å². The Morgan fingerprint density at radius 1 is 1.47 bits per heavy atom. The van der Waals surface area contributed by atoms with Crippen LogP contribution in [0.2, 0.25) is 0 Å². The summed E-state index contributed by atoms with van der Waals surface area (Å²) in [7, 11) is 0. The van der Waals surface area contributed by atoms with E-state index >= 15 is 0 Å². The monoisotopic (exact) mass is 239 g/mol. The van der Waals surface area contributed by atoms with Crippen molar-refractivity contribution in [3.63, 3.8) is 0 Å². The normalized spacial score (nSPS) is 17.2. The van der Waals surface area contributed by atoms with Crippen molar-refractivity contribution in [2.24, 2.45) is 0 Å². The Kier molecular flexibility index (Phi) is 3.03. The maximum Gasteiger partial charge on any atom is 0.305 e. The Bertz CT molecular complexity index is 412. The highest BCUT2D eigenvalue weighted by Gasteiger charge is 2.40. The van der Waals surface area contributed by atoms with Gasteiger partial charge in [-0.1, -0.05) is 0 Å². The first kappa shape index (κ1) is 11.5. The number of carboxylic acid groups (broad SMARTS) is 1. The molecule has 1 aliphatic carbocycles. The Morgan fingerprint density at radius 2 is 2.24 bits per heavy atom. The van der Waals surface area contributed by atoms with Crippen molar-refractivity contribution in [2.75, 3.05) is 0 Å². The number of hydrogen-bond acceptors (Lipinski definition) is 5. The zero-order valence-corrected chi connectivity index (χ0v) is 9.17. The van der Waals surface area contributed by atoms with Gasteiger partial charge in [0.25, 0.3) is 0 Å². The molecule has 8 nitrogen and oxygen atoms in total. The number of amides is 1. The number of carbonyl (C=O) groups is 2. The number of carboxylic acids is 1. The minimum Gasteiger partial charge on any atom is -0.481 e. The van der Waals surface area contributed by atoms with Crippen LogP contribution in [0.3, 0.4) is 0 Å². The first-order valence-corrected chi connectivity index (χ1v) is 5.33. The molecule has 2 rings (SSSR count). The molecule has 1 fully saturated rings. The predicted molar refractivity (Wildman–Crippen MR) is 54.8 cm³/mol. The molecule has 1 aromatic rings. The number of aliphatic carboxylic acids is 1. The Labute approximate surface area is 97.0 Å². The van der Waals surface area contributed by atoms with E-state index in [0.29, 0.717) is 12.8 Å². The second-order valence-corrected chi connectivity index (χ2v) is 4.26. The van der Waals surface area contributed by atoms with Crippen LogP contribution in [0, 0.1) is 0 Å². The number of nitrogens with one attached hydrogen (secondary N) is 1. The van der Waals surface area contributed by atoms with Gasteiger partial charge in [-0.3, -0.25) is 9.59 Å². The van der Waals surface area contributed by atoms with Crippen molar-refractivity contribution in [3.8, 4) is 0 Å². The van der Waals surface area contributed by atoms with Gasteiger partial charge >= 0.3 is 5.97 Å². The summed E-state index contributed by atoms with van der Waals surface area (Å²) >= 11 is 0. The largest absolute Gasteiger partial charge is 0.481 e. The molecule has 0 atom stereocenters. The standard InChI is InChI=1S/C9H13N5O3/c15-7(5-14-6-10-12-13-14)11-9(2-1-3-9)4-8(16)17/h6H,1-5H2,(H,11,15)(H,16,17). The van der Waals surface area contributed by atoms with Gasteiger partial charge in [0.05, 0.1) is 12.0 Å². The molecule has 0 radical (unpaired) electrons. The molecule has 1 saturated carbocycles. The van der Waals surface area contributed by atoms with Crippen molar-refractivity contribution in [3.05, 3.63) is 6.33 Å². The van der Waals surface area contributed by atoms with E-state index in [4.69, 9.17) is 5.11 Å². The van der Waals surface area contributed by atoms with E-state index in [2.05, 4.69) is 20.8 Å². The third-order valence-electron chi connectivity index (χ3n) is 2.90. The van der Waals surface area contributed by atoms with Crippen LogP contribution in [0.1, 0.15) is 25.7 Å². The predicted octanol–water partition coefficient (Wildman–Crippen LogP) is -0.813. The first-order valence-electron chi connectivity index (χ1n) is 5.33. The first-order chi connectivity index (χ1) is 8.10. The van der Waals surface area contributed by atoms with Gasteiger partial charge in [0.15, 0.2) is 0 Å². The molecule has 0 saturated heterocycles. The van der Waals surface area contributed by atoms with Gasteiger partial charge in [-0.2, -0.15) is 0 Å². The molecule has 0 unspecified atom stereocenters. The highest BCUT2D eigenvalue weighted by atomic mass is 16.4. The number of nitrogens with zero attached hydrogens (tertiary/aromatic N) is 4. The number of tetrazole rings is 1. The topological polar surface area (TPSA) is 110 Å². The maximum absolute atomic E-state index is 11.7. The van der Waals surface area contributed by atoms with Crippen LogP contribution in [-0.4, -0.2) is 42.7 Å². The smallest absolute Gasteiger partial charge is 0.305 e. The lowest BCUT2D eigenvalue weighted by atomic mass is 9.74. The summed E-state index contributed by atoms with van der Waals surface area (Å²) in [5.41, 5.74) is -0.572. The van der Waals surface area contributed by atoms with E-state index in [1.807, 2.05) is 0 Å². The Hall–Kier alpha value is -1.99. The van der Waals surface area contributed by atoms with Crippen molar-refractivity contribution in [2.45, 2.75) is 37.8 Å². The van der Waals surface area contributed by atoms with Crippen LogP contribution in [0.25, 0.3) is 0 Å². The molecule has 0 spiro atoms. The van der Waals surface area contributed by atoms with Crippen molar-refractivity contribution in [1.29, 1.82) is 0 Å². The second-order valence-electron chi connectivity index (χ2n) is 4.26. The highest BCUT2D eigenvalue weighted by molar-refractivity contribution is 5.78. The van der Waals surface area contributed by atoms with E-state index < -0.39 is 11.5 Å². The van der Waals surface area contributed by atoms with Crippen molar-refractivity contribution in [1.82, 2.24) is 25.5 Å². The lowest BCUT2D eigenvalue weighted by molar-refractivity contribution is -0.140. The minimum atomic E-state index is -0.896. The number of carbonyl (C=O) groups excluding carboxylic acids is 1. The fourth-order valence-corrected chi connectivity index (χ4v) is 1.97. The molecule has 8 heteroatoms. The lowest BCUT2D eigenvalue weighted by Gasteiger charge is -2.41. The fourth-order valence-electron chi connectivity index (χ4n) is 1.97. The van der Waals surface area contributed by atoms with Gasteiger partial charge < -0.3 is 10.4 Å². The summed E-state index contributed by atoms with van der Waals surface area (Å²) in [6, 6.07) is 0. The zero-order valence-electron chi connectivity index (χ0n) is 9.17. The lowest BCUT2D eigenvalue weighted by Crippen LogP contribution is -2.55.